The monoisotopic (exact) mass is 388 g/mol. The van der Waals surface area contributed by atoms with E-state index in [0.29, 0.717) is 5.92 Å². The number of carbonyl (C=O) groups is 1. The first-order valence-corrected chi connectivity index (χ1v) is 10.8. The Morgan fingerprint density at radius 1 is 0.926 bits per heavy atom. The Morgan fingerprint density at radius 3 is 2.19 bits per heavy atom. The quantitative estimate of drug-likeness (QED) is 0.657. The van der Waals surface area contributed by atoms with Gasteiger partial charge in [-0.15, -0.1) is 0 Å². The molecule has 27 heavy (non-hydrogen) atoms. The Kier molecular flexibility index (Phi) is 8.00. The van der Waals surface area contributed by atoms with Crippen LogP contribution in [0.5, 0.6) is 0 Å². The summed E-state index contributed by atoms with van der Waals surface area (Å²) in [4.78, 5) is 12.0. The van der Waals surface area contributed by atoms with Crippen LogP contribution in [0.4, 0.5) is 0 Å². The van der Waals surface area contributed by atoms with E-state index >= 15 is 0 Å². The minimum absolute atomic E-state index is 0.0917. The lowest BCUT2D eigenvalue weighted by Crippen LogP contribution is -2.34. The molecule has 0 bridgehead atoms. The van der Waals surface area contributed by atoms with Crippen molar-refractivity contribution in [2.45, 2.75) is 33.2 Å². The Bertz CT molecular complexity index is 816. The van der Waals surface area contributed by atoms with Gasteiger partial charge in [0.1, 0.15) is 0 Å². The summed E-state index contributed by atoms with van der Waals surface area (Å²) in [5.74, 6) is 0.278. The van der Waals surface area contributed by atoms with Gasteiger partial charge < -0.3 is 5.32 Å². The van der Waals surface area contributed by atoms with Crippen molar-refractivity contribution in [2.75, 3.05) is 12.3 Å². The van der Waals surface area contributed by atoms with Crippen molar-refractivity contribution < 1.29 is 13.2 Å². The second kappa shape index (κ2) is 10.2. The van der Waals surface area contributed by atoms with Crippen LogP contribution in [0, 0.1) is 5.92 Å². The van der Waals surface area contributed by atoms with Crippen molar-refractivity contribution in [1.82, 2.24) is 10.0 Å². The van der Waals surface area contributed by atoms with Gasteiger partial charge >= 0.3 is 0 Å². The summed E-state index contributed by atoms with van der Waals surface area (Å²) in [6.45, 7) is 4.68. The molecular formula is C21H28N2O3S. The molecule has 0 radical (unpaired) electrons. The maximum atomic E-state index is 12.0. The zero-order valence-corrected chi connectivity index (χ0v) is 16.8. The molecule has 0 atom stereocenters. The minimum Gasteiger partial charge on any atom is -0.355 e. The fourth-order valence-corrected chi connectivity index (χ4v) is 3.60. The summed E-state index contributed by atoms with van der Waals surface area (Å²) in [5, 5.41) is 2.67. The van der Waals surface area contributed by atoms with Gasteiger partial charge in [0, 0.05) is 13.1 Å². The van der Waals surface area contributed by atoms with E-state index in [1.54, 1.807) is 0 Å². The topological polar surface area (TPSA) is 75.3 Å². The van der Waals surface area contributed by atoms with Gasteiger partial charge in [0.15, 0.2) is 0 Å². The molecule has 0 aromatic heterocycles. The summed E-state index contributed by atoms with van der Waals surface area (Å²) in [6.07, 6.45) is 1.26. The average Bonchev–Trinajstić information content (AvgIpc) is 2.62. The van der Waals surface area contributed by atoms with E-state index in [0.717, 1.165) is 17.5 Å². The molecule has 0 aliphatic rings. The van der Waals surface area contributed by atoms with Crippen molar-refractivity contribution in [2.24, 2.45) is 5.92 Å². The van der Waals surface area contributed by atoms with Crippen LogP contribution >= 0.6 is 0 Å². The predicted molar refractivity (Wildman–Crippen MR) is 109 cm³/mol. The molecule has 0 fully saturated rings. The molecule has 2 aromatic rings. The van der Waals surface area contributed by atoms with Crippen molar-refractivity contribution in [1.29, 1.82) is 0 Å². The van der Waals surface area contributed by atoms with Gasteiger partial charge in [-0.05, 0) is 29.0 Å². The highest BCUT2D eigenvalue weighted by atomic mass is 32.2. The van der Waals surface area contributed by atoms with E-state index < -0.39 is 10.0 Å². The van der Waals surface area contributed by atoms with Gasteiger partial charge in [-0.25, -0.2) is 13.1 Å². The number of hydrogen-bond donors (Lipinski definition) is 2. The van der Waals surface area contributed by atoms with Gasteiger partial charge in [0.05, 0.1) is 12.2 Å². The number of nitrogens with one attached hydrogen (secondary N) is 2. The third-order valence-electron chi connectivity index (χ3n) is 4.06. The SMILES string of the molecule is CC(C)Cc1ccc(CC(=O)NCCS(=O)(=O)NCc2ccccc2)cc1. The number of rotatable bonds is 10. The molecule has 0 saturated heterocycles. The Hall–Kier alpha value is -2.18. The molecule has 0 saturated carbocycles. The predicted octanol–water partition coefficient (Wildman–Crippen LogP) is 2.66. The third kappa shape index (κ3) is 8.37. The summed E-state index contributed by atoms with van der Waals surface area (Å²) in [5.41, 5.74) is 3.07. The number of hydrogen-bond acceptors (Lipinski definition) is 3. The lowest BCUT2D eigenvalue weighted by atomic mass is 10.0. The van der Waals surface area contributed by atoms with Crippen LogP contribution in [0.1, 0.15) is 30.5 Å². The molecule has 2 aromatic carbocycles. The van der Waals surface area contributed by atoms with Gasteiger partial charge in [0.25, 0.3) is 0 Å². The zero-order chi connectivity index (χ0) is 19.7. The highest BCUT2D eigenvalue weighted by Crippen LogP contribution is 2.10. The second-order valence-corrected chi connectivity index (χ2v) is 8.99. The molecule has 0 aliphatic carbocycles. The molecule has 0 aliphatic heterocycles. The number of carbonyl (C=O) groups excluding carboxylic acids is 1. The van der Waals surface area contributed by atoms with Crippen LogP contribution in [-0.2, 0) is 34.2 Å². The first-order chi connectivity index (χ1) is 12.8. The molecule has 5 nitrogen and oxygen atoms in total. The van der Waals surface area contributed by atoms with Gasteiger partial charge in [-0.3, -0.25) is 4.79 Å². The van der Waals surface area contributed by atoms with Gasteiger partial charge in [-0.2, -0.15) is 0 Å². The van der Waals surface area contributed by atoms with Crippen LogP contribution in [0.3, 0.4) is 0 Å². The zero-order valence-electron chi connectivity index (χ0n) is 15.9. The van der Waals surface area contributed by atoms with Crippen molar-refractivity contribution in [3.63, 3.8) is 0 Å². The van der Waals surface area contributed by atoms with Crippen LogP contribution < -0.4 is 10.0 Å². The summed E-state index contributed by atoms with van der Waals surface area (Å²) in [7, 11) is -3.43. The molecule has 146 valence electrons. The summed E-state index contributed by atoms with van der Waals surface area (Å²) >= 11 is 0. The Labute approximate surface area is 162 Å². The smallest absolute Gasteiger partial charge is 0.224 e. The van der Waals surface area contributed by atoms with E-state index in [2.05, 4.69) is 23.9 Å². The normalized spacial score (nSPS) is 11.5. The highest BCUT2D eigenvalue weighted by Gasteiger charge is 2.11. The maximum Gasteiger partial charge on any atom is 0.224 e. The van der Waals surface area contributed by atoms with E-state index in [1.807, 2.05) is 54.6 Å². The Balaban J connectivity index is 1.71. The second-order valence-electron chi connectivity index (χ2n) is 7.07. The first kappa shape index (κ1) is 21.1. The number of sulfonamides is 1. The lowest BCUT2D eigenvalue weighted by molar-refractivity contribution is -0.120. The van der Waals surface area contributed by atoms with Crippen LogP contribution in [0.15, 0.2) is 54.6 Å². The Morgan fingerprint density at radius 2 is 1.56 bits per heavy atom. The molecule has 2 N–H and O–H groups in total. The molecule has 0 spiro atoms. The average molecular weight is 389 g/mol. The van der Waals surface area contributed by atoms with E-state index in [9.17, 15) is 13.2 Å². The summed E-state index contributed by atoms with van der Waals surface area (Å²) < 4.78 is 26.6. The molecule has 1 amide bonds. The van der Waals surface area contributed by atoms with Crippen molar-refractivity contribution >= 4 is 15.9 Å². The van der Waals surface area contributed by atoms with Crippen LogP contribution in [-0.4, -0.2) is 26.6 Å². The van der Waals surface area contributed by atoms with Crippen LogP contribution in [0.25, 0.3) is 0 Å². The first-order valence-electron chi connectivity index (χ1n) is 9.20. The molecule has 6 heteroatoms. The fourth-order valence-electron chi connectivity index (χ4n) is 2.70. The lowest BCUT2D eigenvalue weighted by Gasteiger charge is -2.09. The van der Waals surface area contributed by atoms with Gasteiger partial charge in [0.2, 0.25) is 15.9 Å². The maximum absolute atomic E-state index is 12.0. The third-order valence-corrected chi connectivity index (χ3v) is 5.39. The van der Waals surface area contributed by atoms with Crippen molar-refractivity contribution in [3.05, 3.63) is 71.3 Å². The molecule has 2 rings (SSSR count). The summed E-state index contributed by atoms with van der Waals surface area (Å²) in [6, 6.07) is 17.3. The van der Waals surface area contributed by atoms with Crippen LogP contribution in [0.2, 0.25) is 0 Å². The van der Waals surface area contributed by atoms with Gasteiger partial charge in [-0.1, -0.05) is 68.4 Å². The highest BCUT2D eigenvalue weighted by molar-refractivity contribution is 7.89. The number of amides is 1. The standard InChI is InChI=1S/C21H28N2O3S/c1-17(2)14-18-8-10-19(11-9-18)15-21(24)22-12-13-27(25,26)23-16-20-6-4-3-5-7-20/h3-11,17,23H,12-16H2,1-2H3,(H,22,24). The fraction of sp³-hybridized carbons (Fsp3) is 0.381. The number of benzene rings is 2. The van der Waals surface area contributed by atoms with Crippen molar-refractivity contribution in [3.8, 4) is 0 Å². The molecule has 0 unspecified atom stereocenters. The minimum atomic E-state index is -3.43. The largest absolute Gasteiger partial charge is 0.355 e. The van der Waals surface area contributed by atoms with E-state index in [-0.39, 0.29) is 31.2 Å². The molecular weight excluding hydrogens is 360 g/mol. The van der Waals surface area contributed by atoms with E-state index in [1.165, 1.54) is 5.56 Å². The molecule has 0 heterocycles. The van der Waals surface area contributed by atoms with E-state index in [4.69, 9.17) is 0 Å².